The number of hydrogen-bond donors (Lipinski definition) is 3. The van der Waals surface area contributed by atoms with Crippen molar-refractivity contribution in [1.82, 2.24) is 16.0 Å². The minimum absolute atomic E-state index is 0.274. The molecular weight excluding hydrogens is 472 g/mol. The molecule has 0 radical (unpaired) electrons. The number of amides is 3. The Labute approximate surface area is 210 Å². The summed E-state index contributed by atoms with van der Waals surface area (Å²) in [5.41, 5.74) is 1.17. The quantitative estimate of drug-likeness (QED) is 0.343. The second kappa shape index (κ2) is 11.7. The summed E-state index contributed by atoms with van der Waals surface area (Å²) in [4.78, 5) is 38.0. The second-order valence-electron chi connectivity index (χ2n) is 9.29. The van der Waals surface area contributed by atoms with Gasteiger partial charge in [0, 0.05) is 43.0 Å². The Balaban J connectivity index is 1.61. The number of imide groups is 1. The molecule has 1 aromatic rings. The average Bonchev–Trinajstić information content (AvgIpc) is 3.37. The lowest BCUT2D eigenvalue weighted by Crippen LogP contribution is -2.36. The number of thioether (sulfide) groups is 1. The Morgan fingerprint density at radius 1 is 1.20 bits per heavy atom. The third kappa shape index (κ3) is 7.53. The highest BCUT2D eigenvalue weighted by Crippen LogP contribution is 2.39. The molecule has 35 heavy (non-hydrogen) atoms. The molecule has 3 rings (SSSR count). The van der Waals surface area contributed by atoms with Gasteiger partial charge in [0.25, 0.3) is 11.1 Å². The Morgan fingerprint density at radius 3 is 2.54 bits per heavy atom. The van der Waals surface area contributed by atoms with Crippen molar-refractivity contribution in [3.63, 3.8) is 0 Å². The van der Waals surface area contributed by atoms with Crippen LogP contribution in [0.15, 0.2) is 17.0 Å². The van der Waals surface area contributed by atoms with E-state index in [-0.39, 0.29) is 11.3 Å². The molecule has 2 heterocycles. The number of carbonyl (C=O) groups is 3. The lowest BCUT2D eigenvalue weighted by Gasteiger charge is -2.23. The molecule has 1 aromatic carbocycles. The highest BCUT2D eigenvalue weighted by molar-refractivity contribution is 8.18. The smallest absolute Gasteiger partial charge is 0.407 e. The Bertz CT molecular complexity index is 991. The van der Waals surface area contributed by atoms with Crippen LogP contribution in [-0.4, -0.2) is 69.3 Å². The van der Waals surface area contributed by atoms with Crippen molar-refractivity contribution in [2.75, 3.05) is 45.3 Å². The van der Waals surface area contributed by atoms with E-state index in [0.717, 1.165) is 55.5 Å². The minimum atomic E-state index is -0.510. The van der Waals surface area contributed by atoms with Crippen LogP contribution in [0.4, 0.5) is 15.3 Å². The summed E-state index contributed by atoms with van der Waals surface area (Å²) >= 11 is 0.884. The molecular formula is C24H34N4O6S. The van der Waals surface area contributed by atoms with Crippen LogP contribution in [0, 0.1) is 0 Å². The van der Waals surface area contributed by atoms with Crippen molar-refractivity contribution in [1.29, 1.82) is 0 Å². The van der Waals surface area contributed by atoms with Crippen molar-refractivity contribution in [3.05, 3.63) is 22.6 Å². The maximum Gasteiger partial charge on any atom is 0.407 e. The average molecular weight is 507 g/mol. The van der Waals surface area contributed by atoms with E-state index in [2.05, 4.69) is 20.9 Å². The number of methoxy groups -OCH3 is 2. The molecule has 10 nitrogen and oxygen atoms in total. The molecule has 3 N–H and O–H groups in total. The molecule has 2 aliphatic heterocycles. The van der Waals surface area contributed by atoms with Crippen LogP contribution in [0.25, 0.3) is 6.08 Å². The van der Waals surface area contributed by atoms with Gasteiger partial charge in [-0.05, 0) is 64.1 Å². The fourth-order valence-corrected chi connectivity index (χ4v) is 4.55. The van der Waals surface area contributed by atoms with Gasteiger partial charge in [-0.2, -0.15) is 0 Å². The number of nitrogens with zero attached hydrogens (tertiary/aromatic N) is 1. The summed E-state index contributed by atoms with van der Waals surface area (Å²) in [5, 5.41) is 8.22. The predicted molar refractivity (Wildman–Crippen MR) is 136 cm³/mol. The van der Waals surface area contributed by atoms with Crippen LogP contribution in [0.3, 0.4) is 0 Å². The third-order valence-corrected chi connectivity index (χ3v) is 6.26. The summed E-state index contributed by atoms with van der Waals surface area (Å²) in [5.74, 6) is 0.736. The van der Waals surface area contributed by atoms with Gasteiger partial charge in [-0.25, -0.2) is 4.79 Å². The van der Waals surface area contributed by atoms with Crippen molar-refractivity contribution in [3.8, 4) is 11.5 Å². The first kappa shape index (κ1) is 26.7. The molecule has 3 amide bonds. The lowest BCUT2D eigenvalue weighted by atomic mass is 10.1. The van der Waals surface area contributed by atoms with E-state index in [9.17, 15) is 14.4 Å². The molecule has 0 aliphatic carbocycles. The number of carbonyl (C=O) groups excluding carboxylic acids is 3. The second-order valence-corrected chi connectivity index (χ2v) is 10.3. The molecule has 0 saturated carbocycles. The van der Waals surface area contributed by atoms with Crippen molar-refractivity contribution in [2.24, 2.45) is 0 Å². The highest BCUT2D eigenvalue weighted by atomic mass is 32.2. The van der Waals surface area contributed by atoms with Gasteiger partial charge in [0.2, 0.25) is 0 Å². The van der Waals surface area contributed by atoms with Gasteiger partial charge in [0.15, 0.2) is 11.5 Å². The van der Waals surface area contributed by atoms with E-state index in [1.165, 1.54) is 0 Å². The summed E-state index contributed by atoms with van der Waals surface area (Å²) in [6.07, 6.45) is 3.03. The normalized spacial score (nSPS) is 19.2. The van der Waals surface area contributed by atoms with E-state index in [1.807, 2.05) is 32.9 Å². The van der Waals surface area contributed by atoms with Gasteiger partial charge >= 0.3 is 6.09 Å². The molecule has 0 unspecified atom stereocenters. The van der Waals surface area contributed by atoms with Crippen LogP contribution in [-0.2, 0) is 9.53 Å². The molecule has 192 valence electrons. The minimum Gasteiger partial charge on any atom is -0.493 e. The fourth-order valence-electron chi connectivity index (χ4n) is 3.88. The zero-order chi connectivity index (χ0) is 25.6. The number of ether oxygens (including phenoxy) is 3. The van der Waals surface area contributed by atoms with E-state index < -0.39 is 17.6 Å². The Morgan fingerprint density at radius 2 is 1.91 bits per heavy atom. The van der Waals surface area contributed by atoms with Crippen LogP contribution in [0.2, 0.25) is 0 Å². The molecule has 0 spiro atoms. The lowest BCUT2D eigenvalue weighted by molar-refractivity contribution is -0.115. The molecule has 2 saturated heterocycles. The van der Waals surface area contributed by atoms with E-state index in [1.54, 1.807) is 20.3 Å². The number of nitrogens with one attached hydrogen (secondary N) is 3. The monoisotopic (exact) mass is 506 g/mol. The van der Waals surface area contributed by atoms with E-state index >= 15 is 0 Å². The maximum atomic E-state index is 12.1. The van der Waals surface area contributed by atoms with Gasteiger partial charge in [-0.3, -0.25) is 14.9 Å². The third-order valence-electron chi connectivity index (χ3n) is 5.45. The Kier molecular flexibility index (Phi) is 8.90. The topological polar surface area (TPSA) is 118 Å². The van der Waals surface area contributed by atoms with Crippen molar-refractivity contribution >= 4 is 40.8 Å². The number of anilines is 1. The zero-order valence-corrected chi connectivity index (χ0v) is 21.7. The molecule has 2 aliphatic rings. The van der Waals surface area contributed by atoms with Gasteiger partial charge < -0.3 is 29.7 Å². The standard InChI is InChI=1S/C24H34N4O6S/c1-24(2,3)34-22(30)26-9-6-8-25-16-7-10-28(14-16)17-13-19(33-5)18(32-4)11-15(17)12-20-21(29)27-23(31)35-20/h11-13,16,25H,6-10,14H2,1-5H3,(H,26,30)(H,27,29,31)/t16-/m1/s1. The predicted octanol–water partition coefficient (Wildman–Crippen LogP) is 3.11. The van der Waals surface area contributed by atoms with Crippen LogP contribution in [0.5, 0.6) is 11.5 Å². The fraction of sp³-hybridized carbons (Fsp3) is 0.542. The summed E-state index contributed by atoms with van der Waals surface area (Å²) in [6.45, 7) is 8.38. The van der Waals surface area contributed by atoms with Crippen LogP contribution < -0.4 is 30.3 Å². The molecule has 11 heteroatoms. The molecule has 2 fully saturated rings. The first-order valence-electron chi connectivity index (χ1n) is 11.6. The molecule has 0 bridgehead atoms. The van der Waals surface area contributed by atoms with Crippen LogP contribution in [0.1, 0.15) is 39.2 Å². The van der Waals surface area contributed by atoms with E-state index in [0.29, 0.717) is 22.9 Å². The number of rotatable bonds is 9. The van der Waals surface area contributed by atoms with Crippen molar-refractivity contribution < 1.29 is 28.6 Å². The SMILES string of the molecule is COc1cc(C=C2SC(=O)NC2=O)c(N2CC[C@@H](NCCCNC(=O)OC(C)(C)C)C2)cc1OC. The maximum absolute atomic E-state index is 12.1. The Hall–Kier alpha value is -2.92. The first-order chi connectivity index (χ1) is 16.6. The molecule has 0 aromatic heterocycles. The largest absolute Gasteiger partial charge is 0.493 e. The zero-order valence-electron chi connectivity index (χ0n) is 20.9. The van der Waals surface area contributed by atoms with Gasteiger partial charge in [-0.1, -0.05) is 0 Å². The first-order valence-corrected chi connectivity index (χ1v) is 12.4. The van der Waals surface area contributed by atoms with Gasteiger partial charge in [0.1, 0.15) is 5.60 Å². The van der Waals surface area contributed by atoms with Crippen LogP contribution >= 0.6 is 11.8 Å². The summed E-state index contributed by atoms with van der Waals surface area (Å²) in [7, 11) is 3.14. The number of benzene rings is 1. The number of hydrogen-bond acceptors (Lipinski definition) is 9. The molecule has 1 atom stereocenters. The van der Waals surface area contributed by atoms with Gasteiger partial charge in [-0.15, -0.1) is 0 Å². The van der Waals surface area contributed by atoms with Gasteiger partial charge in [0.05, 0.1) is 19.1 Å². The van der Waals surface area contributed by atoms with Crippen molar-refractivity contribution in [2.45, 2.75) is 45.3 Å². The highest BCUT2D eigenvalue weighted by Gasteiger charge is 2.28. The van der Waals surface area contributed by atoms with E-state index in [4.69, 9.17) is 14.2 Å². The summed E-state index contributed by atoms with van der Waals surface area (Å²) < 4.78 is 16.2. The number of alkyl carbamates (subject to hydrolysis) is 1. The summed E-state index contributed by atoms with van der Waals surface area (Å²) in [6, 6.07) is 3.99.